The highest BCUT2D eigenvalue weighted by molar-refractivity contribution is 7.91. The van der Waals surface area contributed by atoms with Crippen molar-refractivity contribution in [2.75, 3.05) is 30.1 Å². The quantitative estimate of drug-likeness (QED) is 0.555. The minimum atomic E-state index is -3.19. The average Bonchev–Trinajstić information content (AvgIpc) is 3.37. The summed E-state index contributed by atoms with van der Waals surface area (Å²) in [6.45, 7) is 3.97. The maximum atomic E-state index is 13.1. The monoisotopic (exact) mass is 499 g/mol. The van der Waals surface area contributed by atoms with Gasteiger partial charge in [-0.3, -0.25) is 14.3 Å². The molecule has 1 aromatic heterocycles. The van der Waals surface area contributed by atoms with Gasteiger partial charge in [-0.2, -0.15) is 10.2 Å². The summed E-state index contributed by atoms with van der Waals surface area (Å²) < 4.78 is 49.1. The van der Waals surface area contributed by atoms with Crippen LogP contribution in [0.4, 0.5) is 0 Å². The molecule has 0 radical (unpaired) electrons. The first-order valence-corrected chi connectivity index (χ1v) is 14.6. The van der Waals surface area contributed by atoms with Crippen molar-refractivity contribution in [3.63, 3.8) is 0 Å². The lowest BCUT2D eigenvalue weighted by molar-refractivity contribution is -0.134. The molecule has 11 nitrogen and oxygen atoms in total. The highest BCUT2D eigenvalue weighted by Crippen LogP contribution is 2.28. The second-order valence-corrected chi connectivity index (χ2v) is 13.6. The Kier molecular flexibility index (Phi) is 6.14. The Morgan fingerprint density at radius 1 is 1.03 bits per heavy atom. The molecule has 0 aromatic carbocycles. The number of carbonyl (C=O) groups excluding carboxylic acids is 2. The third-order valence-electron chi connectivity index (χ3n) is 6.63. The van der Waals surface area contributed by atoms with Crippen molar-refractivity contribution in [1.29, 1.82) is 0 Å². The van der Waals surface area contributed by atoms with Gasteiger partial charge in [0.2, 0.25) is 5.91 Å². The molecule has 4 rings (SSSR count). The molecule has 2 amide bonds. The normalized spacial score (nSPS) is 26.5. The van der Waals surface area contributed by atoms with Crippen molar-refractivity contribution >= 4 is 37.2 Å². The number of hydrazone groups is 1. The van der Waals surface area contributed by atoms with E-state index < -0.39 is 25.7 Å². The Bertz CT molecular complexity index is 1230. The summed E-state index contributed by atoms with van der Waals surface area (Å²) in [6, 6.07) is -0.727. The molecule has 0 spiro atoms. The van der Waals surface area contributed by atoms with Crippen LogP contribution in [0.15, 0.2) is 5.10 Å². The fourth-order valence-electron chi connectivity index (χ4n) is 4.76. The smallest absolute Gasteiger partial charge is 0.270 e. The van der Waals surface area contributed by atoms with Gasteiger partial charge in [0, 0.05) is 37.7 Å². The Balaban J connectivity index is 1.50. The molecule has 0 aliphatic carbocycles. The SMILES string of the molecule is Cc1nn([C@H]2CCS(=O)(=O)C2)c(C)c1CN(C)C(=O)C1=NN([C@@H]2CCS(=O)(=O)C2)C(=O)CC1. The van der Waals surface area contributed by atoms with Crippen molar-refractivity contribution < 1.29 is 26.4 Å². The first kappa shape index (κ1) is 23.9. The topological polar surface area (TPSA) is 139 Å². The van der Waals surface area contributed by atoms with Crippen LogP contribution in [0.5, 0.6) is 0 Å². The fraction of sp³-hybridized carbons (Fsp3) is 0.700. The molecular weight excluding hydrogens is 470 g/mol. The molecular formula is C20H29N5O6S2. The summed E-state index contributed by atoms with van der Waals surface area (Å²) in [5, 5.41) is 9.99. The van der Waals surface area contributed by atoms with Crippen molar-refractivity contribution in [2.24, 2.45) is 5.10 Å². The van der Waals surface area contributed by atoms with Crippen LogP contribution in [0.25, 0.3) is 0 Å². The van der Waals surface area contributed by atoms with E-state index in [1.54, 1.807) is 11.7 Å². The van der Waals surface area contributed by atoms with E-state index in [-0.39, 0.29) is 66.0 Å². The predicted molar refractivity (Wildman–Crippen MR) is 121 cm³/mol. The van der Waals surface area contributed by atoms with Crippen LogP contribution in [0.1, 0.15) is 48.7 Å². The molecule has 3 aliphatic heterocycles. The Morgan fingerprint density at radius 3 is 2.21 bits per heavy atom. The fourth-order valence-corrected chi connectivity index (χ4v) is 8.14. The van der Waals surface area contributed by atoms with Crippen LogP contribution in [0.2, 0.25) is 0 Å². The lowest BCUT2D eigenvalue weighted by Gasteiger charge is -2.29. The number of nitrogens with zero attached hydrogens (tertiary/aromatic N) is 5. The van der Waals surface area contributed by atoms with E-state index >= 15 is 0 Å². The molecule has 3 aliphatic rings. The lowest BCUT2D eigenvalue weighted by atomic mass is 10.1. The summed E-state index contributed by atoms with van der Waals surface area (Å²) in [5.74, 6) is -0.486. The molecule has 0 saturated carbocycles. The molecule has 1 aromatic rings. The van der Waals surface area contributed by atoms with Crippen molar-refractivity contribution in [2.45, 2.75) is 58.2 Å². The maximum absolute atomic E-state index is 13.1. The third kappa shape index (κ3) is 4.84. The van der Waals surface area contributed by atoms with Gasteiger partial charge in [0.05, 0.1) is 40.8 Å². The van der Waals surface area contributed by atoms with Gasteiger partial charge in [0.25, 0.3) is 5.91 Å². The van der Waals surface area contributed by atoms with E-state index in [0.29, 0.717) is 12.8 Å². The Hall–Kier alpha value is -2.28. The molecule has 2 atom stereocenters. The van der Waals surface area contributed by atoms with Crippen LogP contribution in [-0.4, -0.2) is 90.2 Å². The number of carbonyl (C=O) groups is 2. The first-order valence-electron chi connectivity index (χ1n) is 11.0. The minimum Gasteiger partial charge on any atom is -0.336 e. The highest BCUT2D eigenvalue weighted by Gasteiger charge is 2.38. The number of amides is 2. The summed E-state index contributed by atoms with van der Waals surface area (Å²) >= 11 is 0. The van der Waals surface area contributed by atoms with E-state index in [2.05, 4.69) is 10.2 Å². The Labute approximate surface area is 193 Å². The molecule has 0 N–H and O–H groups in total. The predicted octanol–water partition coefficient (Wildman–Crippen LogP) is -0.0166. The number of rotatable bonds is 5. The zero-order valence-electron chi connectivity index (χ0n) is 19.0. The second kappa shape index (κ2) is 8.49. The second-order valence-electron chi connectivity index (χ2n) is 9.15. The van der Waals surface area contributed by atoms with E-state index in [1.807, 2.05) is 13.8 Å². The number of aryl methyl sites for hydroxylation is 1. The van der Waals surface area contributed by atoms with Crippen LogP contribution in [0.3, 0.4) is 0 Å². The summed E-state index contributed by atoms with van der Waals surface area (Å²) in [6.07, 6.45) is 1.16. The van der Waals surface area contributed by atoms with Gasteiger partial charge in [-0.1, -0.05) is 0 Å². The van der Waals surface area contributed by atoms with Gasteiger partial charge < -0.3 is 4.90 Å². The number of aromatic nitrogens is 2. The van der Waals surface area contributed by atoms with E-state index in [0.717, 1.165) is 17.0 Å². The molecule has 4 heterocycles. The van der Waals surface area contributed by atoms with E-state index in [1.165, 1.54) is 9.91 Å². The molecule has 2 saturated heterocycles. The summed E-state index contributed by atoms with van der Waals surface area (Å²) in [4.78, 5) is 26.9. The summed E-state index contributed by atoms with van der Waals surface area (Å²) in [5.41, 5.74) is 2.63. The van der Waals surface area contributed by atoms with E-state index in [9.17, 15) is 26.4 Å². The molecule has 0 bridgehead atoms. The zero-order valence-corrected chi connectivity index (χ0v) is 20.7. The third-order valence-corrected chi connectivity index (χ3v) is 10.1. The van der Waals surface area contributed by atoms with Gasteiger partial charge in [0.1, 0.15) is 5.71 Å². The van der Waals surface area contributed by atoms with Crippen LogP contribution < -0.4 is 0 Å². The van der Waals surface area contributed by atoms with Gasteiger partial charge in [-0.15, -0.1) is 0 Å². The molecule has 0 unspecified atom stereocenters. The average molecular weight is 500 g/mol. The van der Waals surface area contributed by atoms with E-state index in [4.69, 9.17) is 0 Å². The first-order chi connectivity index (χ1) is 15.4. The molecule has 13 heteroatoms. The van der Waals surface area contributed by atoms with Gasteiger partial charge in [-0.05, 0) is 26.7 Å². The van der Waals surface area contributed by atoms with Crippen LogP contribution in [0, 0.1) is 13.8 Å². The molecule has 33 heavy (non-hydrogen) atoms. The van der Waals surface area contributed by atoms with Gasteiger partial charge in [0.15, 0.2) is 19.7 Å². The van der Waals surface area contributed by atoms with Crippen molar-refractivity contribution in [1.82, 2.24) is 19.7 Å². The number of hydrogen-bond donors (Lipinski definition) is 0. The molecule has 2 fully saturated rings. The van der Waals surface area contributed by atoms with Gasteiger partial charge >= 0.3 is 0 Å². The zero-order chi connectivity index (χ0) is 24.1. The number of hydrogen-bond acceptors (Lipinski definition) is 8. The lowest BCUT2D eigenvalue weighted by Crippen LogP contribution is -2.44. The van der Waals surface area contributed by atoms with Crippen molar-refractivity contribution in [3.8, 4) is 0 Å². The molecule has 182 valence electrons. The van der Waals surface area contributed by atoms with Crippen LogP contribution >= 0.6 is 0 Å². The van der Waals surface area contributed by atoms with Gasteiger partial charge in [-0.25, -0.2) is 21.8 Å². The largest absolute Gasteiger partial charge is 0.336 e. The maximum Gasteiger partial charge on any atom is 0.270 e. The highest BCUT2D eigenvalue weighted by atomic mass is 32.2. The number of sulfone groups is 2. The minimum absolute atomic E-state index is 0.0188. The Morgan fingerprint density at radius 2 is 1.64 bits per heavy atom. The standard InChI is InChI=1S/C20H29N5O6S2/c1-13-17(14(2)24(21-13)15-6-8-32(28,29)11-15)10-23(3)20(27)18-4-5-19(26)25(22-18)16-7-9-33(30,31)12-16/h15-16H,4-12H2,1-3H3/t15-,16+/m0/s1. The van der Waals surface area contributed by atoms with Crippen molar-refractivity contribution in [3.05, 3.63) is 17.0 Å². The van der Waals surface area contributed by atoms with Crippen LogP contribution in [-0.2, 0) is 35.8 Å². The summed E-state index contributed by atoms with van der Waals surface area (Å²) in [7, 11) is -4.60.